The van der Waals surface area contributed by atoms with Gasteiger partial charge in [-0.05, 0) is 43.2 Å². The number of carbonyl (C=O) groups excluding carboxylic acids is 1. The van der Waals surface area contributed by atoms with Crippen molar-refractivity contribution in [2.24, 2.45) is 5.14 Å². The van der Waals surface area contributed by atoms with Gasteiger partial charge in [0.1, 0.15) is 5.82 Å². The molecule has 3 aromatic rings. The number of aromatic nitrogens is 1. The standard InChI is InChI=1S/C21H22FN3O3S/c1-12-4-6-15(7-5-12)21(26)20-13(2)10-19(24-20)14(3)17-9-8-16(11-18(17)22)25-29(23,27)28/h4-11,14,24-25H,1-3H3,(H2,23,27,28). The van der Waals surface area contributed by atoms with Crippen molar-refractivity contribution in [2.75, 3.05) is 4.72 Å². The third-order valence-electron chi connectivity index (χ3n) is 4.77. The SMILES string of the molecule is Cc1ccc(C(=O)c2[nH]c(C(C)c3ccc(NS(N)(=O)=O)cc3F)cc2C)cc1. The molecule has 3 rings (SSSR count). The van der Waals surface area contributed by atoms with Crippen LogP contribution < -0.4 is 9.86 Å². The number of anilines is 1. The normalized spacial score (nSPS) is 12.6. The Morgan fingerprint density at radius 3 is 2.34 bits per heavy atom. The van der Waals surface area contributed by atoms with Crippen LogP contribution in [0.4, 0.5) is 10.1 Å². The van der Waals surface area contributed by atoms with E-state index in [2.05, 4.69) is 4.98 Å². The highest BCUT2D eigenvalue weighted by Crippen LogP contribution is 2.29. The fourth-order valence-electron chi connectivity index (χ4n) is 3.18. The molecule has 6 nitrogen and oxygen atoms in total. The van der Waals surface area contributed by atoms with Gasteiger partial charge in [-0.15, -0.1) is 0 Å². The number of nitrogens with one attached hydrogen (secondary N) is 2. The molecule has 1 heterocycles. The van der Waals surface area contributed by atoms with Crippen LogP contribution in [0.2, 0.25) is 0 Å². The maximum absolute atomic E-state index is 14.6. The average molecular weight is 415 g/mol. The Morgan fingerprint density at radius 1 is 1.10 bits per heavy atom. The molecule has 0 radical (unpaired) electrons. The first-order chi connectivity index (χ1) is 13.5. The number of hydrogen-bond acceptors (Lipinski definition) is 3. The third kappa shape index (κ3) is 4.72. The van der Waals surface area contributed by atoms with Crippen molar-refractivity contribution < 1.29 is 17.6 Å². The van der Waals surface area contributed by atoms with Gasteiger partial charge in [0.2, 0.25) is 5.78 Å². The second-order valence-electron chi connectivity index (χ2n) is 7.08. The molecule has 0 bridgehead atoms. The Hall–Kier alpha value is -2.97. The molecule has 1 unspecified atom stereocenters. The molecular weight excluding hydrogens is 393 g/mol. The molecule has 29 heavy (non-hydrogen) atoms. The number of hydrogen-bond donors (Lipinski definition) is 3. The number of carbonyl (C=O) groups is 1. The van der Waals surface area contributed by atoms with E-state index in [-0.39, 0.29) is 17.4 Å². The van der Waals surface area contributed by atoms with Gasteiger partial charge in [0, 0.05) is 17.2 Å². The van der Waals surface area contributed by atoms with Crippen molar-refractivity contribution in [2.45, 2.75) is 26.7 Å². The predicted octanol–water partition coefficient (Wildman–Crippen LogP) is 3.77. The zero-order valence-electron chi connectivity index (χ0n) is 16.3. The number of aryl methyl sites for hydroxylation is 2. The summed E-state index contributed by atoms with van der Waals surface area (Å²) in [5.41, 5.74) is 3.96. The Kier molecular flexibility index (Phi) is 5.59. The first-order valence-corrected chi connectivity index (χ1v) is 10.5. The summed E-state index contributed by atoms with van der Waals surface area (Å²) in [6, 6.07) is 13.1. The smallest absolute Gasteiger partial charge is 0.296 e. The fraction of sp³-hybridized carbons (Fsp3) is 0.190. The molecule has 0 aliphatic heterocycles. The van der Waals surface area contributed by atoms with E-state index in [9.17, 15) is 17.6 Å². The van der Waals surface area contributed by atoms with Gasteiger partial charge in [0.15, 0.2) is 0 Å². The van der Waals surface area contributed by atoms with E-state index < -0.39 is 16.0 Å². The van der Waals surface area contributed by atoms with Crippen LogP contribution in [0, 0.1) is 19.7 Å². The number of aromatic amines is 1. The lowest BCUT2D eigenvalue weighted by molar-refractivity contribution is 0.103. The summed E-state index contributed by atoms with van der Waals surface area (Å²) in [5.74, 6) is -1.09. The van der Waals surface area contributed by atoms with E-state index in [0.717, 1.165) is 17.2 Å². The van der Waals surface area contributed by atoms with E-state index in [1.165, 1.54) is 12.1 Å². The van der Waals surface area contributed by atoms with Crippen LogP contribution in [0.3, 0.4) is 0 Å². The van der Waals surface area contributed by atoms with Crippen molar-refractivity contribution in [1.29, 1.82) is 0 Å². The van der Waals surface area contributed by atoms with Crippen LogP contribution in [0.15, 0.2) is 48.5 Å². The zero-order chi connectivity index (χ0) is 21.3. The van der Waals surface area contributed by atoms with Gasteiger partial charge in [-0.2, -0.15) is 8.42 Å². The lowest BCUT2D eigenvalue weighted by atomic mass is 9.97. The number of ketones is 1. The molecule has 152 valence electrons. The monoisotopic (exact) mass is 415 g/mol. The highest BCUT2D eigenvalue weighted by Gasteiger charge is 2.20. The van der Waals surface area contributed by atoms with Gasteiger partial charge in [-0.3, -0.25) is 9.52 Å². The van der Waals surface area contributed by atoms with Crippen LogP contribution in [-0.2, 0) is 10.2 Å². The highest BCUT2D eigenvalue weighted by molar-refractivity contribution is 7.90. The average Bonchev–Trinajstić information content (AvgIpc) is 3.02. The molecule has 8 heteroatoms. The molecule has 0 amide bonds. The largest absolute Gasteiger partial charge is 0.355 e. The fourth-order valence-corrected chi connectivity index (χ4v) is 3.63. The number of H-pyrrole nitrogens is 1. The minimum Gasteiger partial charge on any atom is -0.355 e. The number of benzene rings is 2. The van der Waals surface area contributed by atoms with Gasteiger partial charge in [0.25, 0.3) is 10.2 Å². The maximum Gasteiger partial charge on any atom is 0.296 e. The topological polar surface area (TPSA) is 105 Å². The van der Waals surface area contributed by atoms with E-state index in [1.54, 1.807) is 19.1 Å². The molecule has 2 aromatic carbocycles. The van der Waals surface area contributed by atoms with Crippen LogP contribution in [0.5, 0.6) is 0 Å². The molecular formula is C21H22FN3O3S. The van der Waals surface area contributed by atoms with Crippen molar-refractivity contribution in [3.05, 3.63) is 88.0 Å². The second-order valence-corrected chi connectivity index (χ2v) is 8.38. The van der Waals surface area contributed by atoms with Gasteiger partial charge < -0.3 is 4.98 Å². The Balaban J connectivity index is 1.89. The Labute approximate surface area is 169 Å². The lowest BCUT2D eigenvalue weighted by Crippen LogP contribution is -2.21. The Morgan fingerprint density at radius 2 is 1.76 bits per heavy atom. The first kappa shape index (κ1) is 20.8. The van der Waals surface area contributed by atoms with Gasteiger partial charge in [0.05, 0.1) is 11.4 Å². The minimum atomic E-state index is -3.98. The highest BCUT2D eigenvalue weighted by atomic mass is 32.2. The maximum atomic E-state index is 14.6. The predicted molar refractivity (Wildman–Crippen MR) is 111 cm³/mol. The molecule has 1 atom stereocenters. The second kappa shape index (κ2) is 7.81. The van der Waals surface area contributed by atoms with Gasteiger partial charge >= 0.3 is 0 Å². The van der Waals surface area contributed by atoms with Crippen molar-refractivity contribution in [1.82, 2.24) is 4.98 Å². The number of rotatable bonds is 6. The van der Waals surface area contributed by atoms with Crippen molar-refractivity contribution in [3.63, 3.8) is 0 Å². The molecule has 0 saturated carbocycles. The molecule has 4 N–H and O–H groups in total. The molecule has 1 aromatic heterocycles. The summed E-state index contributed by atoms with van der Waals surface area (Å²) in [5, 5.41) is 4.91. The first-order valence-electron chi connectivity index (χ1n) is 8.96. The summed E-state index contributed by atoms with van der Waals surface area (Å²) in [6.07, 6.45) is 0. The summed E-state index contributed by atoms with van der Waals surface area (Å²) in [4.78, 5) is 15.9. The summed E-state index contributed by atoms with van der Waals surface area (Å²) in [7, 11) is -3.98. The molecule has 0 aliphatic carbocycles. The van der Waals surface area contributed by atoms with Crippen LogP contribution in [0.25, 0.3) is 0 Å². The van der Waals surface area contributed by atoms with Crippen LogP contribution in [0.1, 0.15) is 51.3 Å². The van der Waals surface area contributed by atoms with Crippen molar-refractivity contribution in [3.8, 4) is 0 Å². The van der Waals surface area contributed by atoms with E-state index >= 15 is 0 Å². The van der Waals surface area contributed by atoms with Crippen molar-refractivity contribution >= 4 is 21.7 Å². The summed E-state index contributed by atoms with van der Waals surface area (Å²) >= 11 is 0. The molecule has 0 saturated heterocycles. The van der Waals surface area contributed by atoms with Crippen LogP contribution in [-0.4, -0.2) is 19.2 Å². The zero-order valence-corrected chi connectivity index (χ0v) is 17.1. The molecule has 0 aliphatic rings. The third-order valence-corrected chi connectivity index (χ3v) is 5.29. The summed E-state index contributed by atoms with van der Waals surface area (Å²) < 4.78 is 38.8. The molecule has 0 spiro atoms. The Bertz CT molecular complexity index is 1170. The summed E-state index contributed by atoms with van der Waals surface area (Å²) in [6.45, 7) is 5.58. The molecule has 0 fully saturated rings. The van der Waals surface area contributed by atoms with Crippen LogP contribution >= 0.6 is 0 Å². The van der Waals surface area contributed by atoms with Gasteiger partial charge in [-0.25, -0.2) is 9.53 Å². The number of halogens is 1. The minimum absolute atomic E-state index is 0.0406. The number of nitrogens with two attached hydrogens (primary N) is 1. The lowest BCUT2D eigenvalue weighted by Gasteiger charge is -2.13. The van der Waals surface area contributed by atoms with E-state index in [4.69, 9.17) is 5.14 Å². The quantitative estimate of drug-likeness (QED) is 0.534. The van der Waals surface area contributed by atoms with E-state index in [1.807, 2.05) is 36.8 Å². The van der Waals surface area contributed by atoms with E-state index in [0.29, 0.717) is 22.5 Å². The van der Waals surface area contributed by atoms with Gasteiger partial charge in [-0.1, -0.05) is 42.8 Å².